The number of aromatic nitrogens is 3. The van der Waals surface area contributed by atoms with Gasteiger partial charge < -0.3 is 40.5 Å². The summed E-state index contributed by atoms with van der Waals surface area (Å²) in [6.45, 7) is 17.7. The zero-order chi connectivity index (χ0) is 32.5. The van der Waals surface area contributed by atoms with E-state index >= 15 is 0 Å². The number of carbonyl (C=O) groups is 2. The van der Waals surface area contributed by atoms with E-state index in [0.717, 1.165) is 36.6 Å². The molecule has 0 aliphatic carbocycles. The molecule has 2 heterocycles. The molecular formula is C32H51N7O5. The van der Waals surface area contributed by atoms with Crippen molar-refractivity contribution >= 4 is 39.9 Å². The summed E-state index contributed by atoms with van der Waals surface area (Å²) in [5, 5.41) is 9.64. The summed E-state index contributed by atoms with van der Waals surface area (Å²) in [6, 6.07) is 5.60. The van der Waals surface area contributed by atoms with Gasteiger partial charge in [0.05, 0.1) is 23.2 Å². The second-order valence-corrected chi connectivity index (χ2v) is 13.0. The number of benzene rings is 1. The minimum absolute atomic E-state index is 0.0211. The first-order valence-corrected chi connectivity index (χ1v) is 15.5. The van der Waals surface area contributed by atoms with E-state index in [9.17, 15) is 9.59 Å². The number of hydrogen-bond donors (Lipinski definition) is 4. The van der Waals surface area contributed by atoms with E-state index in [0.29, 0.717) is 61.3 Å². The Bertz CT molecular complexity index is 1410. The fourth-order valence-electron chi connectivity index (χ4n) is 4.82. The van der Waals surface area contributed by atoms with E-state index in [1.54, 1.807) is 0 Å². The van der Waals surface area contributed by atoms with Crippen molar-refractivity contribution in [1.29, 1.82) is 0 Å². The van der Waals surface area contributed by atoms with Crippen molar-refractivity contribution in [2.24, 2.45) is 0 Å². The largest absolute Gasteiger partial charge is 0.494 e. The van der Waals surface area contributed by atoms with E-state index in [2.05, 4.69) is 25.5 Å². The van der Waals surface area contributed by atoms with Gasteiger partial charge in [0.15, 0.2) is 5.82 Å². The summed E-state index contributed by atoms with van der Waals surface area (Å²) in [4.78, 5) is 33.7. The minimum atomic E-state index is -0.604. The highest BCUT2D eigenvalue weighted by Crippen LogP contribution is 2.32. The molecule has 0 aliphatic rings. The highest BCUT2D eigenvalue weighted by atomic mass is 16.6. The molecule has 12 nitrogen and oxygen atoms in total. The lowest BCUT2D eigenvalue weighted by Gasteiger charge is -2.28. The number of hydrogen-bond acceptors (Lipinski definition) is 8. The lowest BCUT2D eigenvalue weighted by Crippen LogP contribution is -2.52. The van der Waals surface area contributed by atoms with Gasteiger partial charge in [-0.3, -0.25) is 0 Å². The molecule has 0 atom stereocenters. The van der Waals surface area contributed by atoms with Crippen molar-refractivity contribution in [2.45, 2.75) is 111 Å². The SMILES string of the molecule is CCOCc1nc2c(N)nc3cc(OCCCCCCNC(=O)OC(C)(C)C)ccc3c2n1CC(C)(C)NC(=O)NC(C)C. The van der Waals surface area contributed by atoms with Crippen LogP contribution in [0.1, 0.15) is 86.9 Å². The van der Waals surface area contributed by atoms with Crippen LogP contribution in [0.5, 0.6) is 5.75 Å². The van der Waals surface area contributed by atoms with Crippen LogP contribution in [0.15, 0.2) is 18.2 Å². The molecule has 0 aliphatic heterocycles. The van der Waals surface area contributed by atoms with E-state index in [4.69, 9.17) is 24.9 Å². The number of unbranched alkanes of at least 4 members (excludes halogenated alkanes) is 3. The number of nitrogens with zero attached hydrogens (tertiary/aromatic N) is 3. The maximum Gasteiger partial charge on any atom is 0.407 e. The van der Waals surface area contributed by atoms with Crippen LogP contribution in [0, 0.1) is 0 Å². The monoisotopic (exact) mass is 613 g/mol. The third-order valence-electron chi connectivity index (χ3n) is 6.62. The molecule has 3 rings (SSSR count). The summed E-state index contributed by atoms with van der Waals surface area (Å²) < 4.78 is 19.1. The number of fused-ring (bicyclic) bond motifs is 3. The average Bonchev–Trinajstić information content (AvgIpc) is 3.25. The number of ether oxygens (including phenoxy) is 3. The first kappa shape index (κ1) is 34.7. The number of nitrogens with two attached hydrogens (primary N) is 1. The second kappa shape index (κ2) is 15.3. The van der Waals surface area contributed by atoms with Gasteiger partial charge in [-0.1, -0.05) is 12.8 Å². The summed E-state index contributed by atoms with van der Waals surface area (Å²) in [5.41, 5.74) is 7.47. The standard InChI is InChI=1S/C32H51N7O5/c1-9-42-19-25-37-26-27(39(25)20-32(7,8)38-29(40)35-21(2)3)23-15-14-22(18-24(23)36-28(26)33)43-17-13-11-10-12-16-34-30(41)44-31(4,5)6/h14-15,18,21H,9-13,16-17,19-20H2,1-8H3,(H2,33,36)(H,34,41)(H2,35,38,40). The van der Waals surface area contributed by atoms with Crippen LogP contribution < -0.4 is 26.4 Å². The van der Waals surface area contributed by atoms with Gasteiger partial charge in [-0.25, -0.2) is 19.6 Å². The normalized spacial score (nSPS) is 12.1. The number of anilines is 1. The molecule has 0 fully saturated rings. The van der Waals surface area contributed by atoms with E-state index in [1.165, 1.54) is 0 Å². The molecule has 1 aromatic carbocycles. The molecule has 44 heavy (non-hydrogen) atoms. The Labute approximate surface area is 260 Å². The molecule has 2 aromatic heterocycles. The molecular weight excluding hydrogens is 562 g/mol. The molecule has 0 saturated heterocycles. The smallest absolute Gasteiger partial charge is 0.407 e. The third-order valence-corrected chi connectivity index (χ3v) is 6.62. The van der Waals surface area contributed by atoms with Gasteiger partial charge in [0.1, 0.15) is 29.3 Å². The van der Waals surface area contributed by atoms with Crippen LogP contribution in [0.4, 0.5) is 15.4 Å². The predicted molar refractivity (Wildman–Crippen MR) is 174 cm³/mol. The second-order valence-electron chi connectivity index (χ2n) is 13.0. The molecule has 3 amide bonds. The van der Waals surface area contributed by atoms with Gasteiger partial charge in [-0.15, -0.1) is 0 Å². The van der Waals surface area contributed by atoms with Crippen LogP contribution >= 0.6 is 0 Å². The summed E-state index contributed by atoms with van der Waals surface area (Å²) in [6.07, 6.45) is 3.34. The lowest BCUT2D eigenvalue weighted by atomic mass is 10.1. The summed E-state index contributed by atoms with van der Waals surface area (Å²) >= 11 is 0. The molecule has 3 aromatic rings. The lowest BCUT2D eigenvalue weighted by molar-refractivity contribution is 0.0526. The van der Waals surface area contributed by atoms with Crippen LogP contribution in [-0.2, 0) is 22.6 Å². The van der Waals surface area contributed by atoms with E-state index < -0.39 is 11.1 Å². The van der Waals surface area contributed by atoms with Crippen molar-refractivity contribution in [1.82, 2.24) is 30.5 Å². The van der Waals surface area contributed by atoms with Crippen molar-refractivity contribution < 1.29 is 23.8 Å². The Morgan fingerprint density at radius 1 is 1.05 bits per heavy atom. The number of imidazole rings is 1. The zero-order valence-corrected chi connectivity index (χ0v) is 27.6. The van der Waals surface area contributed by atoms with Crippen molar-refractivity contribution in [3.8, 4) is 5.75 Å². The quantitative estimate of drug-likeness (QED) is 0.160. The van der Waals surface area contributed by atoms with E-state index in [-0.39, 0.29) is 18.2 Å². The molecule has 0 unspecified atom stereocenters. The third kappa shape index (κ3) is 10.4. The number of nitrogen functional groups attached to an aromatic ring is 1. The van der Waals surface area contributed by atoms with Gasteiger partial charge in [-0.2, -0.15) is 0 Å². The van der Waals surface area contributed by atoms with Crippen molar-refractivity contribution in [2.75, 3.05) is 25.5 Å². The number of rotatable bonds is 15. The summed E-state index contributed by atoms with van der Waals surface area (Å²) in [7, 11) is 0. The summed E-state index contributed by atoms with van der Waals surface area (Å²) in [5.74, 6) is 1.75. The molecule has 0 saturated carbocycles. The number of amides is 3. The number of pyridine rings is 1. The molecule has 244 valence electrons. The first-order chi connectivity index (χ1) is 20.7. The Morgan fingerprint density at radius 2 is 1.77 bits per heavy atom. The molecule has 0 bridgehead atoms. The fraction of sp³-hybridized carbons (Fsp3) is 0.625. The van der Waals surface area contributed by atoms with Gasteiger partial charge in [0, 0.05) is 37.2 Å². The van der Waals surface area contributed by atoms with Gasteiger partial charge in [0.2, 0.25) is 0 Å². The number of carbonyl (C=O) groups excluding carboxylic acids is 2. The van der Waals surface area contributed by atoms with Crippen molar-refractivity contribution in [3.63, 3.8) is 0 Å². The van der Waals surface area contributed by atoms with Crippen LogP contribution in [0.3, 0.4) is 0 Å². The zero-order valence-electron chi connectivity index (χ0n) is 27.6. The topological polar surface area (TPSA) is 155 Å². The van der Waals surface area contributed by atoms with E-state index in [1.807, 2.05) is 73.6 Å². The Balaban J connectivity index is 1.69. The Morgan fingerprint density at radius 3 is 2.45 bits per heavy atom. The number of alkyl carbamates (subject to hydrolysis) is 1. The van der Waals surface area contributed by atoms with Gasteiger partial charge >= 0.3 is 12.1 Å². The maximum atomic E-state index is 12.5. The predicted octanol–water partition coefficient (Wildman–Crippen LogP) is 5.65. The highest BCUT2D eigenvalue weighted by Gasteiger charge is 2.26. The molecule has 5 N–H and O–H groups in total. The van der Waals surface area contributed by atoms with Gasteiger partial charge in [-0.05, 0) is 80.4 Å². The van der Waals surface area contributed by atoms with Crippen LogP contribution in [0.2, 0.25) is 0 Å². The number of nitrogens with one attached hydrogen (secondary N) is 3. The van der Waals surface area contributed by atoms with Gasteiger partial charge in [0.25, 0.3) is 0 Å². The van der Waals surface area contributed by atoms with Crippen LogP contribution in [-0.4, -0.2) is 63.6 Å². The van der Waals surface area contributed by atoms with Crippen LogP contribution in [0.25, 0.3) is 21.9 Å². The fourth-order valence-corrected chi connectivity index (χ4v) is 4.82. The first-order valence-electron chi connectivity index (χ1n) is 15.5. The highest BCUT2D eigenvalue weighted by molar-refractivity contribution is 6.07. The van der Waals surface area contributed by atoms with Crippen molar-refractivity contribution in [3.05, 3.63) is 24.0 Å². The number of urea groups is 1. The minimum Gasteiger partial charge on any atom is -0.494 e. The Hall–Kier alpha value is -3.80. The molecule has 0 spiro atoms. The molecule has 0 radical (unpaired) electrons. The molecule has 12 heteroatoms. The maximum absolute atomic E-state index is 12.5. The average molecular weight is 614 g/mol. The Kier molecular flexibility index (Phi) is 12.0.